The van der Waals surface area contributed by atoms with E-state index in [1.807, 2.05) is 12.1 Å². The van der Waals surface area contributed by atoms with Crippen LogP contribution in [-0.4, -0.2) is 29.2 Å². The van der Waals surface area contributed by atoms with Gasteiger partial charge in [-0.05, 0) is 36.2 Å². The van der Waals surface area contributed by atoms with Crippen molar-refractivity contribution in [3.8, 4) is 12.1 Å². The fourth-order valence-electron chi connectivity index (χ4n) is 3.24. The minimum Gasteiger partial charge on any atom is -0.323 e. The molecule has 10 heteroatoms. The molecule has 3 unspecified atom stereocenters. The fraction of sp³-hybridized carbons (Fsp3) is 0.263. The highest BCUT2D eigenvalue weighted by Crippen LogP contribution is 2.40. The Morgan fingerprint density at radius 1 is 1.24 bits per heavy atom. The number of anilines is 1. The lowest BCUT2D eigenvalue weighted by Gasteiger charge is -2.22. The monoisotopic (exact) mass is 419 g/mol. The van der Waals surface area contributed by atoms with E-state index in [-0.39, 0.29) is 28.4 Å². The van der Waals surface area contributed by atoms with Crippen LogP contribution in [0, 0.1) is 22.7 Å². The van der Waals surface area contributed by atoms with Gasteiger partial charge in [-0.25, -0.2) is 4.98 Å². The smallest absolute Gasteiger partial charge is 0.323 e. The van der Waals surface area contributed by atoms with Gasteiger partial charge in [0.2, 0.25) is 5.91 Å². The summed E-state index contributed by atoms with van der Waals surface area (Å²) in [6.07, 6.45) is -3.44. The van der Waals surface area contributed by atoms with E-state index in [1.54, 1.807) is 0 Å². The van der Waals surface area contributed by atoms with Crippen molar-refractivity contribution in [2.45, 2.75) is 30.6 Å². The summed E-state index contributed by atoms with van der Waals surface area (Å²) in [7, 11) is 0. The molecule has 1 aliphatic heterocycles. The number of hydrogen-bond donors (Lipinski definition) is 2. The topological polar surface area (TPSA) is 102 Å². The average Bonchev–Trinajstić information content (AvgIpc) is 3.15. The standard InChI is InChI=1S/C19H13ClF3N5O/c20-15-5-10(1-2-11(15)7-24)14-6-16(28-17(14)19(21,22)23)18(29)27-13-4-3-12(8-25)26-9-13/h1-5,9,14,16-17,28H,6H2,(H,27,29). The fourth-order valence-corrected chi connectivity index (χ4v) is 3.47. The van der Waals surface area contributed by atoms with Crippen LogP contribution in [0.4, 0.5) is 18.9 Å². The number of benzene rings is 1. The molecule has 3 atom stereocenters. The maximum absolute atomic E-state index is 13.6. The number of pyridine rings is 1. The van der Waals surface area contributed by atoms with Crippen molar-refractivity contribution in [1.29, 1.82) is 10.5 Å². The van der Waals surface area contributed by atoms with E-state index in [0.29, 0.717) is 5.56 Å². The van der Waals surface area contributed by atoms with Crippen molar-refractivity contribution in [3.05, 3.63) is 58.4 Å². The molecule has 2 N–H and O–H groups in total. The zero-order valence-corrected chi connectivity index (χ0v) is 15.4. The number of carbonyl (C=O) groups is 1. The van der Waals surface area contributed by atoms with Crippen LogP contribution in [0.1, 0.15) is 29.2 Å². The molecule has 2 aromatic rings. The van der Waals surface area contributed by atoms with E-state index in [9.17, 15) is 18.0 Å². The molecular formula is C19H13ClF3N5O. The maximum atomic E-state index is 13.6. The third-order valence-corrected chi connectivity index (χ3v) is 4.94. The molecule has 0 spiro atoms. The van der Waals surface area contributed by atoms with E-state index in [1.165, 1.54) is 36.5 Å². The van der Waals surface area contributed by atoms with Crippen LogP contribution in [-0.2, 0) is 4.79 Å². The highest BCUT2D eigenvalue weighted by Gasteiger charge is 2.52. The van der Waals surface area contributed by atoms with Crippen LogP contribution in [0.3, 0.4) is 0 Å². The minimum absolute atomic E-state index is 0.0579. The first-order valence-corrected chi connectivity index (χ1v) is 8.80. The van der Waals surface area contributed by atoms with Crippen LogP contribution in [0.15, 0.2) is 36.5 Å². The van der Waals surface area contributed by atoms with Crippen LogP contribution in [0.2, 0.25) is 5.02 Å². The van der Waals surface area contributed by atoms with Gasteiger partial charge in [-0.15, -0.1) is 0 Å². The first-order chi connectivity index (χ1) is 13.7. The third kappa shape index (κ3) is 4.48. The van der Waals surface area contributed by atoms with Crippen molar-refractivity contribution in [2.24, 2.45) is 0 Å². The second-order valence-corrected chi connectivity index (χ2v) is 6.87. The maximum Gasteiger partial charge on any atom is 0.404 e. The lowest BCUT2D eigenvalue weighted by atomic mass is 9.89. The van der Waals surface area contributed by atoms with Gasteiger partial charge in [0.1, 0.15) is 23.9 Å². The predicted octanol–water partition coefficient (Wildman–Crippen LogP) is 3.49. The Bertz CT molecular complexity index is 1010. The summed E-state index contributed by atoms with van der Waals surface area (Å²) in [5.74, 6) is -1.69. The van der Waals surface area contributed by atoms with Gasteiger partial charge in [0.05, 0.1) is 28.5 Å². The Morgan fingerprint density at radius 3 is 2.55 bits per heavy atom. The summed E-state index contributed by atoms with van der Waals surface area (Å²) in [6, 6.07) is 7.58. The zero-order valence-electron chi connectivity index (χ0n) is 14.7. The predicted molar refractivity (Wildman–Crippen MR) is 97.9 cm³/mol. The average molecular weight is 420 g/mol. The Labute approximate surface area is 168 Å². The van der Waals surface area contributed by atoms with E-state index >= 15 is 0 Å². The Kier molecular flexibility index (Phi) is 5.73. The van der Waals surface area contributed by atoms with Crippen LogP contribution in [0.25, 0.3) is 0 Å². The second kappa shape index (κ2) is 8.08. The summed E-state index contributed by atoms with van der Waals surface area (Å²) in [6.45, 7) is 0. The van der Waals surface area contributed by atoms with Gasteiger partial charge in [-0.3, -0.25) is 10.1 Å². The number of amides is 1. The molecule has 3 rings (SSSR count). The number of nitrogens with zero attached hydrogens (tertiary/aromatic N) is 3. The van der Waals surface area contributed by atoms with Crippen LogP contribution >= 0.6 is 11.6 Å². The van der Waals surface area contributed by atoms with Crippen molar-refractivity contribution in [1.82, 2.24) is 10.3 Å². The number of aromatic nitrogens is 1. The Morgan fingerprint density at radius 2 is 2.00 bits per heavy atom. The molecule has 6 nitrogen and oxygen atoms in total. The lowest BCUT2D eigenvalue weighted by molar-refractivity contribution is -0.156. The summed E-state index contributed by atoms with van der Waals surface area (Å²) in [5, 5.41) is 22.6. The van der Waals surface area contributed by atoms with Crippen LogP contribution in [0.5, 0.6) is 0 Å². The molecule has 0 bridgehead atoms. The van der Waals surface area contributed by atoms with Crippen LogP contribution < -0.4 is 10.6 Å². The Hall–Kier alpha value is -3.14. The number of alkyl halides is 3. The molecule has 0 aliphatic carbocycles. The molecule has 1 amide bonds. The van der Waals surface area contributed by atoms with Crippen molar-refractivity contribution in [2.75, 3.05) is 5.32 Å². The molecular weight excluding hydrogens is 407 g/mol. The first kappa shape index (κ1) is 20.6. The van der Waals surface area contributed by atoms with E-state index in [0.717, 1.165) is 0 Å². The highest BCUT2D eigenvalue weighted by atomic mass is 35.5. The molecule has 0 saturated carbocycles. The first-order valence-electron chi connectivity index (χ1n) is 8.42. The number of halogens is 4. The molecule has 1 aromatic carbocycles. The van der Waals surface area contributed by atoms with Gasteiger partial charge in [0, 0.05) is 5.92 Å². The Balaban J connectivity index is 1.81. The molecule has 2 heterocycles. The second-order valence-electron chi connectivity index (χ2n) is 6.46. The normalized spacial score (nSPS) is 21.2. The SMILES string of the molecule is N#Cc1ccc(NC(=O)C2CC(c3ccc(C#N)c(Cl)c3)C(C(F)(F)F)N2)cn1. The number of hydrogen-bond acceptors (Lipinski definition) is 5. The van der Waals surface area contributed by atoms with Gasteiger partial charge in [-0.1, -0.05) is 17.7 Å². The summed E-state index contributed by atoms with van der Waals surface area (Å²) in [4.78, 5) is 16.3. The molecule has 1 fully saturated rings. The summed E-state index contributed by atoms with van der Waals surface area (Å²) < 4.78 is 40.7. The van der Waals surface area contributed by atoms with Crippen molar-refractivity contribution in [3.63, 3.8) is 0 Å². The van der Waals surface area contributed by atoms with Crippen molar-refractivity contribution >= 4 is 23.2 Å². The van der Waals surface area contributed by atoms with Crippen molar-refractivity contribution < 1.29 is 18.0 Å². The summed E-state index contributed by atoms with van der Waals surface area (Å²) in [5.41, 5.74) is 0.868. The summed E-state index contributed by atoms with van der Waals surface area (Å²) >= 11 is 5.97. The number of nitrogens with one attached hydrogen (secondary N) is 2. The molecule has 1 aliphatic rings. The number of carbonyl (C=O) groups excluding carboxylic acids is 1. The van der Waals surface area contributed by atoms with Gasteiger partial charge >= 0.3 is 6.18 Å². The van der Waals surface area contributed by atoms with E-state index < -0.39 is 30.1 Å². The highest BCUT2D eigenvalue weighted by molar-refractivity contribution is 6.31. The minimum atomic E-state index is -4.59. The largest absolute Gasteiger partial charge is 0.404 e. The number of rotatable bonds is 3. The molecule has 148 valence electrons. The van der Waals surface area contributed by atoms with E-state index in [2.05, 4.69) is 15.6 Å². The lowest BCUT2D eigenvalue weighted by Crippen LogP contribution is -2.46. The molecule has 0 radical (unpaired) electrons. The molecule has 1 aromatic heterocycles. The van der Waals surface area contributed by atoms with Gasteiger partial charge in [0.15, 0.2) is 0 Å². The number of nitriles is 2. The van der Waals surface area contributed by atoms with Gasteiger partial charge in [0.25, 0.3) is 0 Å². The van der Waals surface area contributed by atoms with Gasteiger partial charge in [-0.2, -0.15) is 23.7 Å². The molecule has 29 heavy (non-hydrogen) atoms. The van der Waals surface area contributed by atoms with Gasteiger partial charge < -0.3 is 5.32 Å². The molecule has 1 saturated heterocycles. The van der Waals surface area contributed by atoms with E-state index in [4.69, 9.17) is 22.1 Å². The zero-order chi connectivity index (χ0) is 21.2. The quantitative estimate of drug-likeness (QED) is 0.792. The third-order valence-electron chi connectivity index (χ3n) is 4.63.